The standard InChI is InChI=1S/C20H18FN3O3/c1-26-14-7-8-18(27-2)17(12-14)23-19-11-13(9-10-22-19)20(25)24-16-6-4-3-5-15(16)21/h3-12H,1-2H3,(H,22,23)(H,24,25). The first-order valence-corrected chi connectivity index (χ1v) is 8.11. The van der Waals surface area contributed by atoms with Crippen molar-refractivity contribution in [3.8, 4) is 11.5 Å². The molecule has 27 heavy (non-hydrogen) atoms. The third kappa shape index (κ3) is 4.33. The van der Waals surface area contributed by atoms with Gasteiger partial charge < -0.3 is 20.1 Å². The number of nitrogens with one attached hydrogen (secondary N) is 2. The van der Waals surface area contributed by atoms with Gasteiger partial charge in [-0.1, -0.05) is 12.1 Å². The lowest BCUT2D eigenvalue weighted by molar-refractivity contribution is 0.102. The number of benzene rings is 2. The number of nitrogens with zero attached hydrogens (tertiary/aromatic N) is 1. The molecule has 2 N–H and O–H groups in total. The lowest BCUT2D eigenvalue weighted by atomic mass is 10.2. The van der Waals surface area contributed by atoms with E-state index in [-0.39, 0.29) is 5.69 Å². The highest BCUT2D eigenvalue weighted by molar-refractivity contribution is 6.04. The van der Waals surface area contributed by atoms with Crippen LogP contribution in [0.25, 0.3) is 0 Å². The molecule has 0 unspecified atom stereocenters. The molecule has 0 aliphatic carbocycles. The fourth-order valence-corrected chi connectivity index (χ4v) is 2.45. The molecule has 0 spiro atoms. The van der Waals surface area contributed by atoms with Crippen LogP contribution in [0, 0.1) is 5.82 Å². The Kier molecular flexibility index (Phi) is 5.51. The van der Waals surface area contributed by atoms with E-state index in [1.807, 2.05) is 0 Å². The lowest BCUT2D eigenvalue weighted by Crippen LogP contribution is -2.13. The van der Waals surface area contributed by atoms with E-state index in [0.717, 1.165) is 0 Å². The molecule has 0 saturated heterocycles. The van der Waals surface area contributed by atoms with E-state index in [1.54, 1.807) is 56.7 Å². The molecule has 0 radical (unpaired) electrons. The van der Waals surface area contributed by atoms with Crippen molar-refractivity contribution in [1.82, 2.24) is 4.98 Å². The number of amides is 1. The van der Waals surface area contributed by atoms with E-state index < -0.39 is 11.7 Å². The summed E-state index contributed by atoms with van der Waals surface area (Å²) in [4.78, 5) is 16.6. The summed E-state index contributed by atoms with van der Waals surface area (Å²) in [6.45, 7) is 0. The normalized spacial score (nSPS) is 10.2. The molecule has 7 heteroatoms. The molecular formula is C20H18FN3O3. The monoisotopic (exact) mass is 367 g/mol. The van der Waals surface area contributed by atoms with Gasteiger partial charge in [0.25, 0.3) is 5.91 Å². The molecule has 0 atom stereocenters. The number of aromatic nitrogens is 1. The van der Waals surface area contributed by atoms with Gasteiger partial charge in [-0.15, -0.1) is 0 Å². The zero-order valence-electron chi connectivity index (χ0n) is 14.8. The van der Waals surface area contributed by atoms with Crippen LogP contribution in [0.3, 0.4) is 0 Å². The number of halogens is 1. The maximum absolute atomic E-state index is 13.7. The van der Waals surface area contributed by atoms with Gasteiger partial charge in [-0.05, 0) is 36.4 Å². The van der Waals surface area contributed by atoms with Crippen molar-refractivity contribution in [3.63, 3.8) is 0 Å². The fraction of sp³-hybridized carbons (Fsp3) is 0.100. The molecule has 3 rings (SSSR count). The minimum Gasteiger partial charge on any atom is -0.497 e. The summed E-state index contributed by atoms with van der Waals surface area (Å²) in [7, 11) is 3.12. The maximum Gasteiger partial charge on any atom is 0.255 e. The Bertz CT molecular complexity index is 963. The number of hydrogen-bond acceptors (Lipinski definition) is 5. The van der Waals surface area contributed by atoms with Crippen molar-refractivity contribution in [2.24, 2.45) is 0 Å². The van der Waals surface area contributed by atoms with Crippen molar-refractivity contribution >= 4 is 23.1 Å². The van der Waals surface area contributed by atoms with E-state index in [0.29, 0.717) is 28.6 Å². The minimum atomic E-state index is -0.501. The van der Waals surface area contributed by atoms with Crippen molar-refractivity contribution in [3.05, 3.63) is 72.2 Å². The van der Waals surface area contributed by atoms with Gasteiger partial charge >= 0.3 is 0 Å². The first-order valence-electron chi connectivity index (χ1n) is 8.11. The number of para-hydroxylation sites is 1. The highest BCUT2D eigenvalue weighted by Crippen LogP contribution is 2.31. The Hall–Kier alpha value is -3.61. The first-order chi connectivity index (χ1) is 13.1. The molecular weight excluding hydrogens is 349 g/mol. The number of anilines is 3. The second-order valence-electron chi connectivity index (χ2n) is 5.55. The zero-order chi connectivity index (χ0) is 19.2. The summed E-state index contributed by atoms with van der Waals surface area (Å²) in [5, 5.41) is 5.64. The van der Waals surface area contributed by atoms with Crippen LogP contribution in [0.15, 0.2) is 60.8 Å². The third-order valence-corrected chi connectivity index (χ3v) is 3.81. The molecule has 6 nitrogen and oxygen atoms in total. The Balaban J connectivity index is 1.82. The number of carbonyl (C=O) groups is 1. The Labute approximate surface area is 156 Å². The number of methoxy groups -OCH3 is 2. The second kappa shape index (κ2) is 8.18. The third-order valence-electron chi connectivity index (χ3n) is 3.81. The Morgan fingerprint density at radius 3 is 2.56 bits per heavy atom. The minimum absolute atomic E-state index is 0.114. The fourth-order valence-electron chi connectivity index (χ4n) is 2.45. The molecule has 3 aromatic rings. The molecule has 0 saturated carbocycles. The van der Waals surface area contributed by atoms with Gasteiger partial charge in [0.15, 0.2) is 0 Å². The number of pyridine rings is 1. The SMILES string of the molecule is COc1ccc(OC)c(Nc2cc(C(=O)Nc3ccccc3F)ccn2)c1. The largest absolute Gasteiger partial charge is 0.497 e. The van der Waals surface area contributed by atoms with Crippen LogP contribution in [0.5, 0.6) is 11.5 Å². The summed E-state index contributed by atoms with van der Waals surface area (Å²) in [6, 6.07) is 14.4. The number of hydrogen-bond donors (Lipinski definition) is 2. The summed E-state index contributed by atoms with van der Waals surface area (Å²) < 4.78 is 24.3. The highest BCUT2D eigenvalue weighted by atomic mass is 19.1. The molecule has 2 aromatic carbocycles. The lowest BCUT2D eigenvalue weighted by Gasteiger charge is -2.13. The molecule has 0 aliphatic heterocycles. The van der Waals surface area contributed by atoms with Crippen LogP contribution in [0.1, 0.15) is 10.4 Å². The number of rotatable bonds is 6. The molecule has 0 aliphatic rings. The van der Waals surface area contributed by atoms with E-state index in [2.05, 4.69) is 15.6 Å². The number of ether oxygens (including phenoxy) is 2. The van der Waals surface area contributed by atoms with E-state index in [1.165, 1.54) is 18.3 Å². The molecule has 0 fully saturated rings. The van der Waals surface area contributed by atoms with Gasteiger partial charge in [0.2, 0.25) is 0 Å². The summed E-state index contributed by atoms with van der Waals surface area (Å²) in [6.07, 6.45) is 1.49. The predicted molar refractivity (Wildman–Crippen MR) is 101 cm³/mol. The van der Waals surface area contributed by atoms with Crippen molar-refractivity contribution in [2.45, 2.75) is 0 Å². The average molecular weight is 367 g/mol. The van der Waals surface area contributed by atoms with Crippen LogP contribution in [-0.2, 0) is 0 Å². The van der Waals surface area contributed by atoms with Crippen LogP contribution >= 0.6 is 0 Å². The Morgan fingerprint density at radius 1 is 1.00 bits per heavy atom. The van der Waals surface area contributed by atoms with Gasteiger partial charge in [-0.25, -0.2) is 9.37 Å². The maximum atomic E-state index is 13.7. The molecule has 0 bridgehead atoms. The summed E-state index contributed by atoms with van der Waals surface area (Å²) >= 11 is 0. The number of carbonyl (C=O) groups excluding carboxylic acids is 1. The summed E-state index contributed by atoms with van der Waals surface area (Å²) in [5.74, 6) is 0.732. The van der Waals surface area contributed by atoms with Gasteiger partial charge in [0, 0.05) is 17.8 Å². The highest BCUT2D eigenvalue weighted by Gasteiger charge is 2.11. The van der Waals surface area contributed by atoms with E-state index in [9.17, 15) is 9.18 Å². The van der Waals surface area contributed by atoms with Crippen molar-refractivity contribution in [2.75, 3.05) is 24.9 Å². The van der Waals surface area contributed by atoms with Crippen LogP contribution in [-0.4, -0.2) is 25.1 Å². The van der Waals surface area contributed by atoms with Gasteiger partial charge in [-0.3, -0.25) is 4.79 Å². The van der Waals surface area contributed by atoms with Crippen molar-refractivity contribution in [1.29, 1.82) is 0 Å². The molecule has 138 valence electrons. The van der Waals surface area contributed by atoms with Gasteiger partial charge in [0.05, 0.1) is 25.6 Å². The average Bonchev–Trinajstić information content (AvgIpc) is 2.70. The molecule has 1 heterocycles. The van der Waals surface area contributed by atoms with Gasteiger partial charge in [0.1, 0.15) is 23.1 Å². The smallest absolute Gasteiger partial charge is 0.255 e. The predicted octanol–water partition coefficient (Wildman–Crippen LogP) is 4.23. The van der Waals surface area contributed by atoms with Crippen LogP contribution in [0.4, 0.5) is 21.6 Å². The summed E-state index contributed by atoms with van der Waals surface area (Å²) in [5.41, 5.74) is 1.08. The van der Waals surface area contributed by atoms with Crippen molar-refractivity contribution < 1.29 is 18.7 Å². The Morgan fingerprint density at radius 2 is 1.81 bits per heavy atom. The first kappa shape index (κ1) is 18.2. The second-order valence-corrected chi connectivity index (χ2v) is 5.55. The molecule has 1 amide bonds. The van der Waals surface area contributed by atoms with Crippen LogP contribution < -0.4 is 20.1 Å². The molecule has 1 aromatic heterocycles. The zero-order valence-corrected chi connectivity index (χ0v) is 14.8. The topological polar surface area (TPSA) is 72.5 Å². The van der Waals surface area contributed by atoms with E-state index in [4.69, 9.17) is 9.47 Å². The van der Waals surface area contributed by atoms with E-state index >= 15 is 0 Å². The van der Waals surface area contributed by atoms with Crippen LogP contribution in [0.2, 0.25) is 0 Å². The van der Waals surface area contributed by atoms with Gasteiger partial charge in [-0.2, -0.15) is 0 Å². The quantitative estimate of drug-likeness (QED) is 0.682.